The predicted molar refractivity (Wildman–Crippen MR) is 80.9 cm³/mol. The molecule has 0 atom stereocenters. The Balaban J connectivity index is 2.37. The first kappa shape index (κ1) is 14.7. The van der Waals surface area contributed by atoms with Crippen LogP contribution in [0.5, 0.6) is 0 Å². The van der Waals surface area contributed by atoms with Crippen LogP contribution < -0.4 is 0 Å². The van der Waals surface area contributed by atoms with Crippen molar-refractivity contribution in [3.8, 4) is 16.6 Å². The third-order valence-corrected chi connectivity index (χ3v) is 4.20. The molecule has 1 aromatic carbocycles. The Hall–Kier alpha value is -1.71. The van der Waals surface area contributed by atoms with Gasteiger partial charge in [0.15, 0.2) is 0 Å². The van der Waals surface area contributed by atoms with Gasteiger partial charge in [-0.1, -0.05) is 28.1 Å². The summed E-state index contributed by atoms with van der Waals surface area (Å²) in [6.45, 7) is 2.11. The van der Waals surface area contributed by atoms with E-state index in [1.54, 1.807) is 19.1 Å². The van der Waals surface area contributed by atoms with Crippen LogP contribution in [0.3, 0.4) is 0 Å². The summed E-state index contributed by atoms with van der Waals surface area (Å²) in [5.74, 6) is -0.348. The monoisotopic (exact) mass is 350 g/mol. The summed E-state index contributed by atoms with van der Waals surface area (Å²) in [5.41, 5.74) is 2.15. The lowest BCUT2D eigenvalue weighted by Gasteiger charge is -1.98. The van der Waals surface area contributed by atoms with Crippen molar-refractivity contribution in [2.75, 3.05) is 6.61 Å². The Morgan fingerprint density at radius 2 is 2.15 bits per heavy atom. The number of hydrogen-bond acceptors (Lipinski definition) is 5. The smallest absolute Gasteiger partial charge is 0.350 e. The van der Waals surface area contributed by atoms with Crippen LogP contribution in [0.15, 0.2) is 24.3 Å². The van der Waals surface area contributed by atoms with Gasteiger partial charge in [-0.25, -0.2) is 9.78 Å². The van der Waals surface area contributed by atoms with Gasteiger partial charge in [0.1, 0.15) is 9.88 Å². The molecule has 0 aliphatic heterocycles. The molecule has 0 amide bonds. The lowest BCUT2D eigenvalue weighted by molar-refractivity contribution is 0.0531. The standard InChI is InChI=1S/C14H11BrN2O2S/c1-2-19-14(18)12-11(7-15)17-13(20-12)10-5-3-9(8-16)4-6-10/h3-6H,2,7H2,1H3. The highest BCUT2D eigenvalue weighted by molar-refractivity contribution is 9.08. The fraction of sp³-hybridized carbons (Fsp3) is 0.214. The zero-order valence-corrected chi connectivity index (χ0v) is 13.1. The molecule has 0 spiro atoms. The summed E-state index contributed by atoms with van der Waals surface area (Å²) >= 11 is 4.63. The first-order valence-electron chi connectivity index (χ1n) is 5.93. The Kier molecular flexibility index (Phi) is 4.88. The maximum atomic E-state index is 11.9. The predicted octanol–water partition coefficient (Wildman–Crippen LogP) is 3.75. The number of carbonyl (C=O) groups excluding carboxylic acids is 1. The summed E-state index contributed by atoms with van der Waals surface area (Å²) < 4.78 is 5.02. The molecule has 0 radical (unpaired) electrons. The van der Waals surface area contributed by atoms with Crippen LogP contribution in [-0.4, -0.2) is 17.6 Å². The van der Waals surface area contributed by atoms with Crippen molar-refractivity contribution in [3.05, 3.63) is 40.4 Å². The fourth-order valence-corrected chi connectivity index (χ4v) is 3.18. The first-order chi connectivity index (χ1) is 9.69. The molecule has 0 aliphatic carbocycles. The van der Waals surface area contributed by atoms with E-state index in [4.69, 9.17) is 10.00 Å². The van der Waals surface area contributed by atoms with E-state index >= 15 is 0 Å². The zero-order valence-electron chi connectivity index (χ0n) is 10.7. The maximum absolute atomic E-state index is 11.9. The van der Waals surface area contributed by atoms with Crippen LogP contribution in [-0.2, 0) is 10.1 Å². The number of thiazole rings is 1. The van der Waals surface area contributed by atoms with Gasteiger partial charge in [-0.2, -0.15) is 5.26 Å². The van der Waals surface area contributed by atoms with Crippen molar-refractivity contribution in [1.29, 1.82) is 5.26 Å². The summed E-state index contributed by atoms with van der Waals surface area (Å²) in [5, 5.41) is 10.0. The van der Waals surface area contributed by atoms with Gasteiger partial charge in [0.05, 0.1) is 23.9 Å². The molecule has 0 saturated heterocycles. The zero-order chi connectivity index (χ0) is 14.5. The molecule has 1 aromatic heterocycles. The topological polar surface area (TPSA) is 63.0 Å². The van der Waals surface area contributed by atoms with Gasteiger partial charge >= 0.3 is 5.97 Å². The molecule has 0 saturated carbocycles. The molecule has 4 nitrogen and oxygen atoms in total. The van der Waals surface area contributed by atoms with E-state index in [1.807, 2.05) is 12.1 Å². The number of benzene rings is 1. The fourth-order valence-electron chi connectivity index (χ4n) is 1.61. The molecule has 0 unspecified atom stereocenters. The molecule has 2 aromatic rings. The minimum atomic E-state index is -0.348. The van der Waals surface area contributed by atoms with Gasteiger partial charge in [0, 0.05) is 10.9 Å². The normalized spacial score (nSPS) is 10.1. The molecule has 0 fully saturated rings. The second-order valence-corrected chi connectivity index (χ2v) is 5.40. The number of nitriles is 1. The van der Waals surface area contributed by atoms with Gasteiger partial charge in [-0.3, -0.25) is 0 Å². The second kappa shape index (κ2) is 6.64. The number of hydrogen-bond donors (Lipinski definition) is 0. The van der Waals surface area contributed by atoms with Gasteiger partial charge in [-0.15, -0.1) is 11.3 Å². The molecule has 0 aliphatic rings. The third-order valence-electron chi connectivity index (χ3n) is 2.55. The van der Waals surface area contributed by atoms with Crippen LogP contribution in [0.4, 0.5) is 0 Å². The van der Waals surface area contributed by atoms with E-state index in [-0.39, 0.29) is 5.97 Å². The molecule has 102 valence electrons. The van der Waals surface area contributed by atoms with Gasteiger partial charge in [0.2, 0.25) is 0 Å². The van der Waals surface area contributed by atoms with E-state index in [0.717, 1.165) is 10.6 Å². The van der Waals surface area contributed by atoms with Crippen LogP contribution in [0, 0.1) is 11.3 Å². The first-order valence-corrected chi connectivity index (χ1v) is 7.86. The molecular weight excluding hydrogens is 340 g/mol. The molecule has 0 N–H and O–H groups in total. The maximum Gasteiger partial charge on any atom is 0.350 e. The second-order valence-electron chi connectivity index (χ2n) is 3.84. The van der Waals surface area contributed by atoms with Crippen molar-refractivity contribution in [2.45, 2.75) is 12.3 Å². The molecule has 20 heavy (non-hydrogen) atoms. The quantitative estimate of drug-likeness (QED) is 0.622. The molecule has 2 rings (SSSR count). The molecule has 6 heteroatoms. The van der Waals surface area contributed by atoms with Crippen molar-refractivity contribution in [2.24, 2.45) is 0 Å². The van der Waals surface area contributed by atoms with E-state index < -0.39 is 0 Å². The SMILES string of the molecule is CCOC(=O)c1sc(-c2ccc(C#N)cc2)nc1CBr. The molecular formula is C14H11BrN2O2S. The third kappa shape index (κ3) is 3.06. The van der Waals surface area contributed by atoms with E-state index in [2.05, 4.69) is 27.0 Å². The average Bonchev–Trinajstić information content (AvgIpc) is 2.92. The number of aromatic nitrogens is 1. The number of nitrogens with zero attached hydrogens (tertiary/aromatic N) is 2. The Morgan fingerprint density at radius 3 is 2.70 bits per heavy atom. The Labute approximate surface area is 129 Å². The van der Waals surface area contributed by atoms with Gasteiger partial charge in [0.25, 0.3) is 0 Å². The summed E-state index contributed by atoms with van der Waals surface area (Å²) in [7, 11) is 0. The average molecular weight is 351 g/mol. The van der Waals surface area contributed by atoms with Crippen LogP contribution in [0.2, 0.25) is 0 Å². The lowest BCUT2D eigenvalue weighted by Crippen LogP contribution is -2.04. The summed E-state index contributed by atoms with van der Waals surface area (Å²) in [6, 6.07) is 9.18. The van der Waals surface area contributed by atoms with E-state index in [1.165, 1.54) is 11.3 Å². The largest absolute Gasteiger partial charge is 0.462 e. The van der Waals surface area contributed by atoms with Gasteiger partial charge in [-0.05, 0) is 19.1 Å². The summed E-state index contributed by atoms with van der Waals surface area (Å²) in [4.78, 5) is 16.8. The minimum absolute atomic E-state index is 0.338. The minimum Gasteiger partial charge on any atom is -0.462 e. The number of esters is 1. The number of carbonyl (C=O) groups is 1. The van der Waals surface area contributed by atoms with Crippen LogP contribution >= 0.6 is 27.3 Å². The van der Waals surface area contributed by atoms with Gasteiger partial charge < -0.3 is 4.74 Å². The highest BCUT2D eigenvalue weighted by Crippen LogP contribution is 2.30. The lowest BCUT2D eigenvalue weighted by atomic mass is 10.1. The highest BCUT2D eigenvalue weighted by atomic mass is 79.9. The molecule has 1 heterocycles. The van der Waals surface area contributed by atoms with Crippen molar-refractivity contribution < 1.29 is 9.53 Å². The molecule has 0 bridgehead atoms. The number of halogens is 1. The highest BCUT2D eigenvalue weighted by Gasteiger charge is 2.19. The van der Waals surface area contributed by atoms with Crippen molar-refractivity contribution in [1.82, 2.24) is 4.98 Å². The van der Waals surface area contributed by atoms with E-state index in [9.17, 15) is 4.79 Å². The Bertz CT molecular complexity index is 659. The van der Waals surface area contributed by atoms with Crippen LogP contribution in [0.1, 0.15) is 27.9 Å². The summed E-state index contributed by atoms with van der Waals surface area (Å²) in [6.07, 6.45) is 0. The van der Waals surface area contributed by atoms with Crippen LogP contribution in [0.25, 0.3) is 10.6 Å². The number of rotatable bonds is 4. The van der Waals surface area contributed by atoms with Crippen molar-refractivity contribution >= 4 is 33.2 Å². The Morgan fingerprint density at radius 1 is 1.45 bits per heavy atom. The van der Waals surface area contributed by atoms with Crippen molar-refractivity contribution in [3.63, 3.8) is 0 Å². The number of alkyl halides is 1. The number of ether oxygens (including phenoxy) is 1. The van der Waals surface area contributed by atoms with E-state index in [0.29, 0.717) is 28.1 Å².